The Morgan fingerprint density at radius 2 is 2.10 bits per heavy atom. The lowest BCUT2D eigenvalue weighted by atomic mass is 10.0. The standard InChI is InChI=1S/C21H22FN5O2/c1-25-5-3-7-26(9-8-25)14-10-17(22)15-12-16(20(28)29-19(15)11-14)18-13-27-6-2-4-23-21(27)24-18/h2,4,6,10-13,20,28H,3,5,7-9H2,1H3. The van der Waals surface area contributed by atoms with Crippen molar-refractivity contribution in [1.82, 2.24) is 19.3 Å². The molecule has 0 amide bonds. The highest BCUT2D eigenvalue weighted by Crippen LogP contribution is 2.38. The van der Waals surface area contributed by atoms with E-state index in [1.165, 1.54) is 0 Å². The lowest BCUT2D eigenvalue weighted by Gasteiger charge is -2.27. The maximum absolute atomic E-state index is 15.0. The first-order chi connectivity index (χ1) is 14.1. The summed E-state index contributed by atoms with van der Waals surface area (Å²) in [4.78, 5) is 13.0. The third kappa shape index (κ3) is 3.34. The molecule has 7 nitrogen and oxygen atoms in total. The number of aliphatic hydroxyl groups is 1. The van der Waals surface area contributed by atoms with Crippen molar-refractivity contribution in [2.24, 2.45) is 0 Å². The SMILES string of the molecule is CN1CCCN(c2cc(F)c3c(c2)OC(O)C(c2cn4cccnc4n2)=C3)CC1. The third-order valence-corrected chi connectivity index (χ3v) is 5.50. The summed E-state index contributed by atoms with van der Waals surface area (Å²) in [6.45, 7) is 3.64. The Kier molecular flexibility index (Phi) is 4.44. The third-order valence-electron chi connectivity index (χ3n) is 5.50. The van der Waals surface area contributed by atoms with Crippen molar-refractivity contribution in [3.8, 4) is 5.75 Å². The minimum absolute atomic E-state index is 0.325. The van der Waals surface area contributed by atoms with Crippen molar-refractivity contribution in [1.29, 1.82) is 0 Å². The van der Waals surface area contributed by atoms with Gasteiger partial charge >= 0.3 is 0 Å². The zero-order valence-electron chi connectivity index (χ0n) is 16.1. The van der Waals surface area contributed by atoms with Crippen LogP contribution in [0.25, 0.3) is 17.4 Å². The molecule has 1 atom stereocenters. The monoisotopic (exact) mass is 395 g/mol. The largest absolute Gasteiger partial charge is 0.460 e. The zero-order valence-corrected chi connectivity index (χ0v) is 16.1. The van der Waals surface area contributed by atoms with E-state index in [2.05, 4.69) is 26.8 Å². The molecular formula is C21H22FN5O2. The molecular weight excluding hydrogens is 373 g/mol. The highest BCUT2D eigenvalue weighted by Gasteiger charge is 2.27. The molecule has 8 heteroatoms. The number of fused-ring (bicyclic) bond motifs is 2. The molecule has 3 aromatic rings. The molecule has 0 radical (unpaired) electrons. The summed E-state index contributed by atoms with van der Waals surface area (Å²) < 4.78 is 22.4. The predicted octanol–water partition coefficient (Wildman–Crippen LogP) is 2.26. The number of ether oxygens (including phenoxy) is 1. The van der Waals surface area contributed by atoms with E-state index < -0.39 is 6.29 Å². The van der Waals surface area contributed by atoms with E-state index >= 15 is 4.39 Å². The number of aromatic nitrogens is 3. The molecule has 1 N–H and O–H groups in total. The van der Waals surface area contributed by atoms with Gasteiger partial charge in [-0.25, -0.2) is 14.4 Å². The molecule has 2 aromatic heterocycles. The number of benzene rings is 1. The summed E-state index contributed by atoms with van der Waals surface area (Å²) in [5.41, 5.74) is 2.01. The number of anilines is 1. The van der Waals surface area contributed by atoms with Crippen molar-refractivity contribution < 1.29 is 14.2 Å². The maximum atomic E-state index is 15.0. The van der Waals surface area contributed by atoms with E-state index in [0.717, 1.165) is 38.3 Å². The van der Waals surface area contributed by atoms with Crippen molar-refractivity contribution in [2.75, 3.05) is 38.1 Å². The molecule has 1 fully saturated rings. The second kappa shape index (κ2) is 7.13. The molecule has 0 bridgehead atoms. The van der Waals surface area contributed by atoms with Crippen LogP contribution < -0.4 is 9.64 Å². The van der Waals surface area contributed by atoms with Crippen molar-refractivity contribution in [3.63, 3.8) is 0 Å². The molecule has 2 aliphatic heterocycles. The maximum Gasteiger partial charge on any atom is 0.234 e. The average Bonchev–Trinajstić information content (AvgIpc) is 3.01. The molecule has 2 aliphatic rings. The summed E-state index contributed by atoms with van der Waals surface area (Å²) in [5.74, 6) is 0.473. The lowest BCUT2D eigenvalue weighted by Crippen LogP contribution is -2.29. The van der Waals surface area contributed by atoms with Crippen molar-refractivity contribution in [2.45, 2.75) is 12.7 Å². The Labute approximate surface area is 167 Å². The van der Waals surface area contributed by atoms with Gasteiger partial charge in [-0.15, -0.1) is 0 Å². The first kappa shape index (κ1) is 18.1. The van der Waals surface area contributed by atoms with E-state index in [9.17, 15) is 5.11 Å². The summed E-state index contributed by atoms with van der Waals surface area (Å²) >= 11 is 0. The molecule has 1 saturated heterocycles. The van der Waals surface area contributed by atoms with Crippen LogP contribution in [0.15, 0.2) is 36.8 Å². The number of imidazole rings is 1. The molecule has 0 aliphatic carbocycles. The predicted molar refractivity (Wildman–Crippen MR) is 108 cm³/mol. The number of nitrogens with zero attached hydrogens (tertiary/aromatic N) is 5. The minimum Gasteiger partial charge on any atom is -0.460 e. The second-order valence-corrected chi connectivity index (χ2v) is 7.51. The number of likely N-dealkylation sites (N-methyl/N-ethyl adjacent to an activating group) is 1. The number of halogens is 1. The molecule has 0 saturated carbocycles. The van der Waals surface area contributed by atoms with Gasteiger partial charge in [-0.05, 0) is 38.2 Å². The van der Waals surface area contributed by atoms with Gasteiger partial charge in [0.25, 0.3) is 0 Å². The fraction of sp³-hybridized carbons (Fsp3) is 0.333. The van der Waals surface area contributed by atoms with Crippen LogP contribution in [0.2, 0.25) is 0 Å². The minimum atomic E-state index is -1.22. The first-order valence-corrected chi connectivity index (χ1v) is 9.72. The summed E-state index contributed by atoms with van der Waals surface area (Å²) in [5, 5.41) is 10.6. The molecule has 29 heavy (non-hydrogen) atoms. The molecule has 4 heterocycles. The van der Waals surface area contributed by atoms with Gasteiger partial charge in [0, 0.05) is 55.6 Å². The second-order valence-electron chi connectivity index (χ2n) is 7.51. The van der Waals surface area contributed by atoms with E-state index in [1.54, 1.807) is 35.0 Å². The van der Waals surface area contributed by atoms with Crippen LogP contribution in [0.5, 0.6) is 5.75 Å². The normalized spacial score (nSPS) is 20.2. The molecule has 0 spiro atoms. The quantitative estimate of drug-likeness (QED) is 0.718. The molecule has 5 rings (SSSR count). The fourth-order valence-electron chi connectivity index (χ4n) is 3.88. The number of hydrogen-bond donors (Lipinski definition) is 1. The number of hydrogen-bond acceptors (Lipinski definition) is 6. The van der Waals surface area contributed by atoms with Crippen molar-refractivity contribution >= 4 is 23.1 Å². The van der Waals surface area contributed by atoms with Gasteiger partial charge in [-0.1, -0.05) is 0 Å². The fourth-order valence-corrected chi connectivity index (χ4v) is 3.88. The van der Waals surface area contributed by atoms with Crippen LogP contribution in [0.4, 0.5) is 10.1 Å². The number of aliphatic hydroxyl groups excluding tert-OH is 1. The number of rotatable bonds is 2. The van der Waals surface area contributed by atoms with Gasteiger partial charge in [-0.2, -0.15) is 0 Å². The van der Waals surface area contributed by atoms with Gasteiger partial charge in [0.05, 0.1) is 11.3 Å². The summed E-state index contributed by atoms with van der Waals surface area (Å²) in [7, 11) is 2.09. The van der Waals surface area contributed by atoms with Gasteiger partial charge < -0.3 is 19.6 Å². The molecule has 1 aromatic carbocycles. The van der Waals surface area contributed by atoms with E-state index in [4.69, 9.17) is 4.74 Å². The average molecular weight is 395 g/mol. The first-order valence-electron chi connectivity index (χ1n) is 9.72. The van der Waals surface area contributed by atoms with Crippen LogP contribution >= 0.6 is 0 Å². The van der Waals surface area contributed by atoms with E-state index in [0.29, 0.717) is 28.4 Å². The Hall–Kier alpha value is -2.97. The molecule has 1 unspecified atom stereocenters. The van der Waals surface area contributed by atoms with Crippen LogP contribution in [-0.4, -0.2) is 63.9 Å². The van der Waals surface area contributed by atoms with Gasteiger partial charge in [0.1, 0.15) is 11.6 Å². The van der Waals surface area contributed by atoms with Crippen LogP contribution in [-0.2, 0) is 0 Å². The summed E-state index contributed by atoms with van der Waals surface area (Å²) in [6.07, 6.45) is 6.61. The zero-order chi connectivity index (χ0) is 20.0. The topological polar surface area (TPSA) is 66.1 Å². The highest BCUT2D eigenvalue weighted by atomic mass is 19.1. The van der Waals surface area contributed by atoms with Crippen LogP contribution in [0.3, 0.4) is 0 Å². The Bertz CT molecular complexity index is 1060. The van der Waals surface area contributed by atoms with Crippen LogP contribution in [0.1, 0.15) is 17.7 Å². The van der Waals surface area contributed by atoms with Crippen LogP contribution in [0, 0.1) is 5.82 Å². The van der Waals surface area contributed by atoms with Gasteiger partial charge in [-0.3, -0.25) is 4.40 Å². The smallest absolute Gasteiger partial charge is 0.234 e. The van der Waals surface area contributed by atoms with E-state index in [1.807, 2.05) is 12.3 Å². The van der Waals surface area contributed by atoms with Crippen molar-refractivity contribution in [3.05, 3.63) is 53.9 Å². The molecule has 150 valence electrons. The van der Waals surface area contributed by atoms with Gasteiger partial charge in [0.15, 0.2) is 0 Å². The summed E-state index contributed by atoms with van der Waals surface area (Å²) in [6, 6.07) is 5.15. The Balaban J connectivity index is 1.51. The highest BCUT2D eigenvalue weighted by molar-refractivity contribution is 5.86. The Morgan fingerprint density at radius 3 is 2.97 bits per heavy atom. The van der Waals surface area contributed by atoms with Gasteiger partial charge in [0.2, 0.25) is 12.1 Å². The Morgan fingerprint density at radius 1 is 1.21 bits per heavy atom. The van der Waals surface area contributed by atoms with E-state index in [-0.39, 0.29) is 5.82 Å². The lowest BCUT2D eigenvalue weighted by molar-refractivity contribution is 0.0315.